The monoisotopic (exact) mass is 482 g/mol. The van der Waals surface area contributed by atoms with Gasteiger partial charge in [-0.1, -0.05) is 13.0 Å². The van der Waals surface area contributed by atoms with E-state index in [0.29, 0.717) is 12.3 Å². The fourth-order valence-corrected chi connectivity index (χ4v) is 4.59. The van der Waals surface area contributed by atoms with Crippen LogP contribution < -0.4 is 10.6 Å². The van der Waals surface area contributed by atoms with E-state index >= 15 is 0 Å². The van der Waals surface area contributed by atoms with E-state index in [1.165, 1.54) is 12.1 Å². The van der Waals surface area contributed by atoms with Crippen LogP contribution in [0.25, 0.3) is 0 Å². The van der Waals surface area contributed by atoms with Crippen LogP contribution in [0.5, 0.6) is 0 Å². The average molecular weight is 483 g/mol. The van der Waals surface area contributed by atoms with Crippen molar-refractivity contribution in [1.82, 2.24) is 20.4 Å². The van der Waals surface area contributed by atoms with Crippen molar-refractivity contribution in [2.24, 2.45) is 5.92 Å². The third-order valence-corrected chi connectivity index (χ3v) is 6.62. The molecule has 2 fully saturated rings. The van der Waals surface area contributed by atoms with E-state index in [-0.39, 0.29) is 30.0 Å². The molecule has 34 heavy (non-hydrogen) atoms. The van der Waals surface area contributed by atoms with Crippen LogP contribution in [-0.2, 0) is 15.8 Å². The van der Waals surface area contributed by atoms with Crippen LogP contribution in [-0.4, -0.2) is 72.8 Å². The van der Waals surface area contributed by atoms with E-state index in [1.54, 1.807) is 0 Å². The molecule has 0 bridgehead atoms. The summed E-state index contributed by atoms with van der Waals surface area (Å²) in [5, 5.41) is 5.28. The van der Waals surface area contributed by atoms with Crippen molar-refractivity contribution in [3.05, 3.63) is 35.4 Å². The SMILES string of the molecule is CCC(=O)N1CCC(CCN2CC[C@@H](NC(=O)CNC(=O)c3cccc(C(F)(F)F)c3)C2)CC1. The lowest BCUT2D eigenvalue weighted by atomic mass is 9.93. The number of nitrogens with one attached hydrogen (secondary N) is 2. The fraction of sp³-hybridized carbons (Fsp3) is 0.625. The van der Waals surface area contributed by atoms with Gasteiger partial charge < -0.3 is 20.4 Å². The van der Waals surface area contributed by atoms with E-state index in [0.717, 1.165) is 70.5 Å². The molecule has 2 heterocycles. The molecule has 10 heteroatoms. The molecule has 3 amide bonds. The first-order valence-electron chi connectivity index (χ1n) is 11.9. The van der Waals surface area contributed by atoms with Gasteiger partial charge >= 0.3 is 6.18 Å². The maximum Gasteiger partial charge on any atom is 0.416 e. The number of alkyl halides is 3. The third-order valence-electron chi connectivity index (χ3n) is 6.62. The largest absolute Gasteiger partial charge is 0.416 e. The number of nitrogens with zero attached hydrogens (tertiary/aromatic N) is 2. The van der Waals surface area contributed by atoms with Crippen LogP contribution in [0.3, 0.4) is 0 Å². The summed E-state index contributed by atoms with van der Waals surface area (Å²) in [7, 11) is 0. The molecule has 188 valence electrons. The Morgan fingerprint density at radius 1 is 1.09 bits per heavy atom. The summed E-state index contributed by atoms with van der Waals surface area (Å²) in [5.74, 6) is -0.246. The second-order valence-electron chi connectivity index (χ2n) is 9.08. The molecule has 1 aromatic carbocycles. The highest BCUT2D eigenvalue weighted by atomic mass is 19.4. The molecule has 2 saturated heterocycles. The highest BCUT2D eigenvalue weighted by Crippen LogP contribution is 2.29. The molecule has 2 N–H and O–H groups in total. The van der Waals surface area contributed by atoms with Crippen LogP contribution in [0.4, 0.5) is 13.2 Å². The second-order valence-corrected chi connectivity index (χ2v) is 9.08. The molecule has 0 spiro atoms. The van der Waals surface area contributed by atoms with Gasteiger partial charge in [0.05, 0.1) is 12.1 Å². The molecule has 0 saturated carbocycles. The Hall–Kier alpha value is -2.62. The van der Waals surface area contributed by atoms with Gasteiger partial charge in [0.15, 0.2) is 0 Å². The summed E-state index contributed by atoms with van der Waals surface area (Å²) in [6, 6.07) is 4.10. The minimum absolute atomic E-state index is 0.0121. The van der Waals surface area contributed by atoms with E-state index in [9.17, 15) is 27.6 Å². The smallest absolute Gasteiger partial charge is 0.350 e. The summed E-state index contributed by atoms with van der Waals surface area (Å²) in [4.78, 5) is 40.4. The molecule has 0 aliphatic carbocycles. The average Bonchev–Trinajstić information content (AvgIpc) is 3.27. The Kier molecular flexibility index (Phi) is 8.93. The Balaban J connectivity index is 1.34. The summed E-state index contributed by atoms with van der Waals surface area (Å²) >= 11 is 0. The summed E-state index contributed by atoms with van der Waals surface area (Å²) in [6.07, 6.45) is -0.0246. The van der Waals surface area contributed by atoms with Gasteiger partial charge in [-0.2, -0.15) is 13.2 Å². The molecule has 7 nitrogen and oxygen atoms in total. The van der Waals surface area contributed by atoms with Crippen molar-refractivity contribution >= 4 is 17.7 Å². The maximum atomic E-state index is 12.8. The zero-order chi connectivity index (χ0) is 24.7. The van der Waals surface area contributed by atoms with Crippen molar-refractivity contribution in [3.63, 3.8) is 0 Å². The molecular weight excluding hydrogens is 449 g/mol. The number of halogens is 3. The Morgan fingerprint density at radius 3 is 2.50 bits per heavy atom. The summed E-state index contributed by atoms with van der Waals surface area (Å²) < 4.78 is 38.4. The first-order chi connectivity index (χ1) is 16.2. The number of carbonyl (C=O) groups excluding carboxylic acids is 3. The van der Waals surface area contributed by atoms with Gasteiger partial charge in [-0.3, -0.25) is 14.4 Å². The zero-order valence-corrected chi connectivity index (χ0v) is 19.5. The van der Waals surface area contributed by atoms with Gasteiger partial charge in [-0.25, -0.2) is 0 Å². The van der Waals surface area contributed by atoms with Crippen molar-refractivity contribution in [1.29, 1.82) is 0 Å². The van der Waals surface area contributed by atoms with Crippen molar-refractivity contribution in [2.45, 2.75) is 51.2 Å². The number of piperidine rings is 1. The van der Waals surface area contributed by atoms with Crippen LogP contribution >= 0.6 is 0 Å². The highest BCUT2D eigenvalue weighted by Gasteiger charge is 2.31. The van der Waals surface area contributed by atoms with E-state index in [4.69, 9.17) is 0 Å². The minimum Gasteiger partial charge on any atom is -0.350 e. The minimum atomic E-state index is -4.53. The van der Waals surface area contributed by atoms with Crippen LogP contribution in [0.1, 0.15) is 54.9 Å². The number of hydrogen-bond acceptors (Lipinski definition) is 4. The molecule has 0 aromatic heterocycles. The molecule has 2 aliphatic rings. The van der Waals surface area contributed by atoms with Crippen LogP contribution in [0, 0.1) is 5.92 Å². The van der Waals surface area contributed by atoms with Crippen molar-refractivity contribution in [3.8, 4) is 0 Å². The van der Waals surface area contributed by atoms with E-state index in [1.807, 2.05) is 11.8 Å². The highest BCUT2D eigenvalue weighted by molar-refractivity contribution is 5.96. The van der Waals surface area contributed by atoms with Crippen molar-refractivity contribution in [2.75, 3.05) is 39.3 Å². The number of rotatable bonds is 8. The lowest BCUT2D eigenvalue weighted by Crippen LogP contribution is -2.43. The molecule has 2 aliphatic heterocycles. The van der Waals surface area contributed by atoms with Crippen LogP contribution in [0.2, 0.25) is 0 Å². The number of amides is 3. The number of likely N-dealkylation sites (tertiary alicyclic amines) is 2. The lowest BCUT2D eigenvalue weighted by molar-refractivity contribution is -0.137. The Morgan fingerprint density at radius 2 is 1.82 bits per heavy atom. The molecule has 1 aromatic rings. The number of benzene rings is 1. The van der Waals surface area contributed by atoms with E-state index < -0.39 is 17.6 Å². The normalized spacial score (nSPS) is 19.8. The summed E-state index contributed by atoms with van der Waals surface area (Å²) in [6.45, 7) is 5.84. The molecule has 0 radical (unpaired) electrons. The third kappa shape index (κ3) is 7.44. The van der Waals surface area contributed by atoms with Gasteiger partial charge in [0, 0.05) is 44.2 Å². The first kappa shape index (κ1) is 26.0. The number of carbonyl (C=O) groups is 3. The van der Waals surface area contributed by atoms with Crippen LogP contribution in [0.15, 0.2) is 24.3 Å². The number of hydrogen-bond donors (Lipinski definition) is 2. The van der Waals surface area contributed by atoms with Gasteiger partial charge in [0.1, 0.15) is 0 Å². The van der Waals surface area contributed by atoms with Gasteiger partial charge in [0.2, 0.25) is 11.8 Å². The quantitative estimate of drug-likeness (QED) is 0.597. The molecular formula is C24H33F3N4O3. The Labute approximate surface area is 198 Å². The molecule has 3 rings (SSSR count). The van der Waals surface area contributed by atoms with Gasteiger partial charge in [-0.05, 0) is 56.3 Å². The molecule has 1 atom stereocenters. The van der Waals surface area contributed by atoms with E-state index in [2.05, 4.69) is 15.5 Å². The maximum absolute atomic E-state index is 12.8. The Bertz CT molecular complexity index is 869. The summed E-state index contributed by atoms with van der Waals surface area (Å²) in [5.41, 5.74) is -1.05. The molecule has 0 unspecified atom stereocenters. The predicted molar refractivity (Wildman–Crippen MR) is 121 cm³/mol. The topological polar surface area (TPSA) is 81.8 Å². The standard InChI is InChI=1S/C24H33F3N4O3/c1-2-22(33)31-12-7-17(8-13-31)6-10-30-11-9-20(16-30)29-21(32)15-28-23(34)18-4-3-5-19(14-18)24(25,26)27/h3-5,14,17,20H,2,6-13,15-16H2,1H3,(H,28,34)(H,29,32)/t20-/m1/s1. The lowest BCUT2D eigenvalue weighted by Gasteiger charge is -2.32. The van der Waals surface area contributed by atoms with Gasteiger partial charge in [-0.15, -0.1) is 0 Å². The first-order valence-corrected chi connectivity index (χ1v) is 11.9. The van der Waals surface area contributed by atoms with Crippen molar-refractivity contribution < 1.29 is 27.6 Å². The van der Waals surface area contributed by atoms with Gasteiger partial charge in [0.25, 0.3) is 5.91 Å². The zero-order valence-electron chi connectivity index (χ0n) is 19.5. The second kappa shape index (κ2) is 11.7. The fourth-order valence-electron chi connectivity index (χ4n) is 4.59. The predicted octanol–water partition coefficient (Wildman–Crippen LogP) is 2.66.